The predicted molar refractivity (Wildman–Crippen MR) is 113 cm³/mol. The Balaban J connectivity index is 1.47. The Bertz CT molecular complexity index is 819. The average molecular weight is 397 g/mol. The van der Waals surface area contributed by atoms with Crippen LogP contribution in [0.3, 0.4) is 0 Å². The molecule has 154 valence electrons. The summed E-state index contributed by atoms with van der Waals surface area (Å²) < 4.78 is 11.1. The van der Waals surface area contributed by atoms with Crippen LogP contribution in [-0.2, 0) is 4.79 Å². The Morgan fingerprint density at radius 2 is 1.86 bits per heavy atom. The number of carbonyl (C=O) groups is 1. The van der Waals surface area contributed by atoms with Crippen LogP contribution >= 0.6 is 0 Å². The lowest BCUT2D eigenvalue weighted by Gasteiger charge is -2.38. The summed E-state index contributed by atoms with van der Waals surface area (Å²) in [5.74, 6) is 1.72. The van der Waals surface area contributed by atoms with E-state index in [-0.39, 0.29) is 18.7 Å². The van der Waals surface area contributed by atoms with Gasteiger partial charge in [0.2, 0.25) is 12.7 Å². The summed E-state index contributed by atoms with van der Waals surface area (Å²) in [6.07, 6.45) is 1.44. The molecule has 29 heavy (non-hydrogen) atoms. The molecule has 1 amide bonds. The quantitative estimate of drug-likeness (QED) is 0.749. The lowest BCUT2D eigenvalue weighted by atomic mass is 10.0. The van der Waals surface area contributed by atoms with Gasteiger partial charge in [-0.1, -0.05) is 25.1 Å². The van der Waals surface area contributed by atoms with E-state index in [4.69, 9.17) is 9.47 Å². The summed E-state index contributed by atoms with van der Waals surface area (Å²) in [6, 6.07) is 17.0. The highest BCUT2D eigenvalue weighted by Gasteiger charge is 2.30. The number of amides is 1. The van der Waals surface area contributed by atoms with Crippen LogP contribution in [0.1, 0.15) is 31.4 Å². The zero-order valence-electron chi connectivity index (χ0n) is 17.0. The van der Waals surface area contributed by atoms with Gasteiger partial charge < -0.3 is 24.6 Å². The SMILES string of the molecule is CCCC(=O)NC[C@H](c1ccc2c(c1)OCO2)[NH+]1CCN(c2ccccc2)CC1. The fourth-order valence-corrected chi connectivity index (χ4v) is 4.20. The Kier molecular flexibility index (Phi) is 6.20. The second-order valence-corrected chi connectivity index (χ2v) is 7.70. The number of rotatable bonds is 7. The molecule has 2 heterocycles. The molecule has 0 aromatic heterocycles. The molecule has 0 bridgehead atoms. The Labute approximate surface area is 172 Å². The molecule has 1 atom stereocenters. The molecular formula is C23H30N3O3+. The average Bonchev–Trinajstić information content (AvgIpc) is 3.23. The Morgan fingerprint density at radius 1 is 1.10 bits per heavy atom. The van der Waals surface area contributed by atoms with Crippen LogP contribution in [-0.4, -0.2) is 45.4 Å². The Hall–Kier alpha value is -2.73. The molecular weight excluding hydrogens is 366 g/mol. The summed E-state index contributed by atoms with van der Waals surface area (Å²) in [6.45, 7) is 7.00. The second-order valence-electron chi connectivity index (χ2n) is 7.70. The van der Waals surface area contributed by atoms with Crippen molar-refractivity contribution in [2.45, 2.75) is 25.8 Å². The van der Waals surface area contributed by atoms with Crippen molar-refractivity contribution in [3.8, 4) is 11.5 Å². The van der Waals surface area contributed by atoms with Gasteiger partial charge in [0.1, 0.15) is 6.04 Å². The van der Waals surface area contributed by atoms with Crippen molar-refractivity contribution in [3.05, 3.63) is 54.1 Å². The number of carbonyl (C=O) groups excluding carboxylic acids is 1. The van der Waals surface area contributed by atoms with E-state index in [9.17, 15) is 4.79 Å². The number of quaternary nitrogens is 1. The zero-order valence-corrected chi connectivity index (χ0v) is 17.0. The molecule has 0 aliphatic carbocycles. The van der Waals surface area contributed by atoms with Crippen LogP contribution in [0.5, 0.6) is 11.5 Å². The van der Waals surface area contributed by atoms with Crippen molar-refractivity contribution >= 4 is 11.6 Å². The third-order valence-corrected chi connectivity index (χ3v) is 5.80. The van der Waals surface area contributed by atoms with E-state index >= 15 is 0 Å². The molecule has 0 unspecified atom stereocenters. The highest BCUT2D eigenvalue weighted by molar-refractivity contribution is 5.75. The second kappa shape index (κ2) is 9.18. The van der Waals surface area contributed by atoms with Crippen molar-refractivity contribution in [1.29, 1.82) is 0 Å². The molecule has 0 radical (unpaired) electrons. The van der Waals surface area contributed by atoms with Gasteiger partial charge in [-0.3, -0.25) is 4.79 Å². The zero-order chi connectivity index (χ0) is 20.1. The molecule has 2 aromatic carbocycles. The van der Waals surface area contributed by atoms with E-state index in [2.05, 4.69) is 52.7 Å². The first-order valence-corrected chi connectivity index (χ1v) is 10.6. The minimum Gasteiger partial charge on any atom is -0.454 e. The van der Waals surface area contributed by atoms with Crippen molar-refractivity contribution < 1.29 is 19.2 Å². The molecule has 4 rings (SSSR count). The molecule has 6 nitrogen and oxygen atoms in total. The molecule has 0 saturated carbocycles. The summed E-state index contributed by atoms with van der Waals surface area (Å²) in [5, 5.41) is 3.14. The topological polar surface area (TPSA) is 55.2 Å². The number of ether oxygens (including phenoxy) is 2. The van der Waals surface area contributed by atoms with Crippen LogP contribution < -0.4 is 24.6 Å². The maximum absolute atomic E-state index is 12.1. The number of anilines is 1. The van der Waals surface area contributed by atoms with Gasteiger partial charge in [0.05, 0.1) is 32.7 Å². The number of benzene rings is 2. The summed E-state index contributed by atoms with van der Waals surface area (Å²) >= 11 is 0. The third-order valence-electron chi connectivity index (χ3n) is 5.80. The first kappa shape index (κ1) is 19.6. The standard InChI is InChI=1S/C23H29N3O3/c1-2-6-23(27)24-16-20(18-9-10-21-22(15-18)29-17-28-21)26-13-11-25(12-14-26)19-7-4-3-5-8-19/h3-5,7-10,15,20H,2,6,11-14,16-17H2,1H3,(H,24,27)/p+1/t20-/m1/s1. The monoisotopic (exact) mass is 396 g/mol. The van der Waals surface area contributed by atoms with Gasteiger partial charge in [0.15, 0.2) is 11.5 Å². The molecule has 0 spiro atoms. The summed E-state index contributed by atoms with van der Waals surface area (Å²) in [5.41, 5.74) is 2.47. The van der Waals surface area contributed by atoms with E-state index in [1.54, 1.807) is 0 Å². The van der Waals surface area contributed by atoms with E-state index in [0.29, 0.717) is 13.0 Å². The number of fused-ring (bicyclic) bond motifs is 1. The van der Waals surface area contributed by atoms with Crippen molar-refractivity contribution in [1.82, 2.24) is 5.32 Å². The summed E-state index contributed by atoms with van der Waals surface area (Å²) in [4.78, 5) is 16.0. The molecule has 1 fully saturated rings. The molecule has 6 heteroatoms. The number of nitrogens with one attached hydrogen (secondary N) is 2. The predicted octanol–water partition coefficient (Wildman–Crippen LogP) is 1.78. The normalized spacial score (nSPS) is 17.2. The molecule has 2 N–H and O–H groups in total. The summed E-state index contributed by atoms with van der Waals surface area (Å²) in [7, 11) is 0. The van der Waals surface area contributed by atoms with Gasteiger partial charge in [0, 0.05) is 17.7 Å². The van der Waals surface area contributed by atoms with Gasteiger partial charge >= 0.3 is 0 Å². The van der Waals surface area contributed by atoms with Gasteiger partial charge in [-0.05, 0) is 36.8 Å². The van der Waals surface area contributed by atoms with Crippen LogP contribution in [0.4, 0.5) is 5.69 Å². The van der Waals surface area contributed by atoms with Gasteiger partial charge in [-0.25, -0.2) is 0 Å². The first-order valence-electron chi connectivity index (χ1n) is 10.6. The lowest BCUT2D eigenvalue weighted by molar-refractivity contribution is -0.931. The van der Waals surface area contributed by atoms with E-state index in [1.165, 1.54) is 16.2 Å². The van der Waals surface area contributed by atoms with Crippen LogP contribution in [0, 0.1) is 0 Å². The van der Waals surface area contributed by atoms with Gasteiger partial charge in [0.25, 0.3) is 0 Å². The molecule has 2 aromatic rings. The smallest absolute Gasteiger partial charge is 0.231 e. The van der Waals surface area contributed by atoms with Crippen LogP contribution in [0.2, 0.25) is 0 Å². The maximum atomic E-state index is 12.1. The molecule has 1 saturated heterocycles. The number of piperazine rings is 1. The number of hydrogen-bond donors (Lipinski definition) is 2. The van der Waals surface area contributed by atoms with E-state index < -0.39 is 0 Å². The minimum atomic E-state index is 0.126. The van der Waals surface area contributed by atoms with Gasteiger partial charge in [-0.15, -0.1) is 0 Å². The van der Waals surface area contributed by atoms with Crippen molar-refractivity contribution in [3.63, 3.8) is 0 Å². The van der Waals surface area contributed by atoms with Crippen molar-refractivity contribution in [2.75, 3.05) is 44.4 Å². The van der Waals surface area contributed by atoms with Crippen molar-refractivity contribution in [2.24, 2.45) is 0 Å². The van der Waals surface area contributed by atoms with Crippen LogP contribution in [0.25, 0.3) is 0 Å². The highest BCUT2D eigenvalue weighted by Crippen LogP contribution is 2.33. The minimum absolute atomic E-state index is 0.126. The van der Waals surface area contributed by atoms with E-state index in [1.807, 2.05) is 13.0 Å². The molecule has 2 aliphatic heterocycles. The largest absolute Gasteiger partial charge is 0.454 e. The number of hydrogen-bond acceptors (Lipinski definition) is 4. The fraction of sp³-hybridized carbons (Fsp3) is 0.435. The van der Waals surface area contributed by atoms with E-state index in [0.717, 1.165) is 44.1 Å². The first-order chi connectivity index (χ1) is 14.2. The number of nitrogens with zero attached hydrogens (tertiary/aromatic N) is 1. The fourth-order valence-electron chi connectivity index (χ4n) is 4.20. The lowest BCUT2D eigenvalue weighted by Crippen LogP contribution is -3.15. The van der Waals surface area contributed by atoms with Crippen LogP contribution in [0.15, 0.2) is 48.5 Å². The highest BCUT2D eigenvalue weighted by atomic mass is 16.7. The molecule has 2 aliphatic rings. The maximum Gasteiger partial charge on any atom is 0.231 e. The van der Waals surface area contributed by atoms with Gasteiger partial charge in [-0.2, -0.15) is 0 Å². The number of para-hydroxylation sites is 1. The third kappa shape index (κ3) is 4.65. The Morgan fingerprint density at radius 3 is 2.62 bits per heavy atom.